The predicted molar refractivity (Wildman–Crippen MR) is 38.6 cm³/mol. The van der Waals surface area contributed by atoms with Crippen molar-refractivity contribution in [2.75, 3.05) is 7.11 Å². The van der Waals surface area contributed by atoms with Crippen molar-refractivity contribution in [2.45, 2.75) is 26.2 Å². The molecule has 0 saturated heterocycles. The molecule has 0 aliphatic heterocycles. The van der Waals surface area contributed by atoms with Gasteiger partial charge >= 0.3 is 0 Å². The summed E-state index contributed by atoms with van der Waals surface area (Å²) in [6.07, 6.45) is 2.60. The van der Waals surface area contributed by atoms with Gasteiger partial charge < -0.3 is 4.74 Å². The molecular formula is C8H12O2. The SMILES string of the molecule is CO/C(C)=C1/CCCC1=O. The van der Waals surface area contributed by atoms with E-state index < -0.39 is 0 Å². The normalized spacial score (nSPS) is 23.2. The summed E-state index contributed by atoms with van der Waals surface area (Å²) in [7, 11) is 1.61. The first-order valence-electron chi connectivity index (χ1n) is 3.52. The lowest BCUT2D eigenvalue weighted by molar-refractivity contribution is -0.114. The van der Waals surface area contributed by atoms with E-state index in [2.05, 4.69) is 0 Å². The van der Waals surface area contributed by atoms with Crippen molar-refractivity contribution in [3.8, 4) is 0 Å². The van der Waals surface area contributed by atoms with E-state index in [9.17, 15) is 4.79 Å². The molecule has 0 aromatic rings. The predicted octanol–water partition coefficient (Wildman–Crippen LogP) is 1.66. The van der Waals surface area contributed by atoms with E-state index in [-0.39, 0.29) is 5.78 Å². The largest absolute Gasteiger partial charge is 0.501 e. The molecule has 0 spiro atoms. The maximum Gasteiger partial charge on any atom is 0.162 e. The Morgan fingerprint density at radius 2 is 2.20 bits per heavy atom. The zero-order chi connectivity index (χ0) is 7.56. The Morgan fingerprint density at radius 1 is 1.50 bits per heavy atom. The molecule has 0 radical (unpaired) electrons. The Balaban J connectivity index is 2.79. The van der Waals surface area contributed by atoms with E-state index in [1.165, 1.54) is 0 Å². The molecule has 0 amide bonds. The highest BCUT2D eigenvalue weighted by Gasteiger charge is 2.19. The highest BCUT2D eigenvalue weighted by molar-refractivity contribution is 5.97. The number of methoxy groups -OCH3 is 1. The van der Waals surface area contributed by atoms with Gasteiger partial charge in [0.1, 0.15) is 0 Å². The highest BCUT2D eigenvalue weighted by Crippen LogP contribution is 2.23. The van der Waals surface area contributed by atoms with Crippen LogP contribution in [0.2, 0.25) is 0 Å². The molecule has 0 heterocycles. The number of carbonyl (C=O) groups excluding carboxylic acids is 1. The molecule has 1 saturated carbocycles. The highest BCUT2D eigenvalue weighted by atomic mass is 16.5. The Hall–Kier alpha value is -0.790. The Morgan fingerprint density at radius 3 is 2.60 bits per heavy atom. The number of allylic oxidation sites excluding steroid dienone is 2. The van der Waals surface area contributed by atoms with Crippen molar-refractivity contribution in [1.82, 2.24) is 0 Å². The molecule has 1 fully saturated rings. The first-order chi connectivity index (χ1) is 4.75. The van der Waals surface area contributed by atoms with Crippen molar-refractivity contribution in [2.24, 2.45) is 0 Å². The average Bonchev–Trinajstić information content (AvgIpc) is 2.34. The molecule has 0 unspecified atom stereocenters. The summed E-state index contributed by atoms with van der Waals surface area (Å²) in [5, 5.41) is 0. The number of carbonyl (C=O) groups is 1. The Bertz CT molecular complexity index is 180. The van der Waals surface area contributed by atoms with Gasteiger partial charge in [-0.15, -0.1) is 0 Å². The van der Waals surface area contributed by atoms with Gasteiger partial charge in [-0.25, -0.2) is 0 Å². The summed E-state index contributed by atoms with van der Waals surface area (Å²) < 4.78 is 4.96. The van der Waals surface area contributed by atoms with Crippen LogP contribution in [0.4, 0.5) is 0 Å². The van der Waals surface area contributed by atoms with Crippen LogP contribution in [0.25, 0.3) is 0 Å². The van der Waals surface area contributed by atoms with E-state index in [0.29, 0.717) is 6.42 Å². The minimum Gasteiger partial charge on any atom is -0.501 e. The fourth-order valence-corrected chi connectivity index (χ4v) is 1.21. The molecule has 1 aliphatic carbocycles. The van der Waals surface area contributed by atoms with Gasteiger partial charge in [-0.2, -0.15) is 0 Å². The summed E-state index contributed by atoms with van der Waals surface area (Å²) in [5.74, 6) is 1.06. The summed E-state index contributed by atoms with van der Waals surface area (Å²) in [5.41, 5.74) is 0.891. The van der Waals surface area contributed by atoms with Crippen LogP contribution in [0.15, 0.2) is 11.3 Å². The van der Waals surface area contributed by atoms with E-state index in [4.69, 9.17) is 4.74 Å². The van der Waals surface area contributed by atoms with E-state index in [1.54, 1.807) is 7.11 Å². The summed E-state index contributed by atoms with van der Waals surface area (Å²) >= 11 is 0. The molecular weight excluding hydrogens is 128 g/mol. The van der Waals surface area contributed by atoms with Crippen LogP contribution in [0, 0.1) is 0 Å². The number of ketones is 1. The summed E-state index contributed by atoms with van der Waals surface area (Å²) in [6.45, 7) is 1.85. The smallest absolute Gasteiger partial charge is 0.162 e. The van der Waals surface area contributed by atoms with Crippen molar-refractivity contribution in [3.63, 3.8) is 0 Å². The number of rotatable bonds is 1. The molecule has 0 atom stereocenters. The molecule has 0 aromatic heterocycles. The number of hydrogen-bond acceptors (Lipinski definition) is 2. The van der Waals surface area contributed by atoms with E-state index in [0.717, 1.165) is 24.2 Å². The van der Waals surface area contributed by atoms with Crippen LogP contribution < -0.4 is 0 Å². The minimum absolute atomic E-state index is 0.263. The molecule has 1 rings (SSSR count). The molecule has 0 aromatic carbocycles. The van der Waals surface area contributed by atoms with Crippen LogP contribution in [0.5, 0.6) is 0 Å². The van der Waals surface area contributed by atoms with Crippen LogP contribution in [0.3, 0.4) is 0 Å². The van der Waals surface area contributed by atoms with Crippen molar-refractivity contribution >= 4 is 5.78 Å². The van der Waals surface area contributed by atoms with Crippen molar-refractivity contribution in [3.05, 3.63) is 11.3 Å². The second kappa shape index (κ2) is 2.86. The zero-order valence-electron chi connectivity index (χ0n) is 6.44. The van der Waals surface area contributed by atoms with Gasteiger partial charge in [0.25, 0.3) is 0 Å². The van der Waals surface area contributed by atoms with Gasteiger partial charge in [-0.3, -0.25) is 4.79 Å². The molecule has 10 heavy (non-hydrogen) atoms. The van der Waals surface area contributed by atoms with Gasteiger partial charge in [0.05, 0.1) is 12.9 Å². The van der Waals surface area contributed by atoms with Crippen LogP contribution in [-0.2, 0) is 9.53 Å². The van der Waals surface area contributed by atoms with Gasteiger partial charge in [-0.1, -0.05) is 0 Å². The monoisotopic (exact) mass is 140 g/mol. The summed E-state index contributed by atoms with van der Waals surface area (Å²) in [4.78, 5) is 11.0. The second-order valence-electron chi connectivity index (χ2n) is 2.52. The lowest BCUT2D eigenvalue weighted by Crippen LogP contribution is -1.96. The standard InChI is InChI=1S/C8H12O2/c1-6(10-2)7-4-3-5-8(7)9/h3-5H2,1-2H3/b7-6-. The Labute approximate surface area is 60.9 Å². The Kier molecular flexibility index (Phi) is 2.10. The lowest BCUT2D eigenvalue weighted by Gasteiger charge is -2.01. The van der Waals surface area contributed by atoms with Gasteiger partial charge in [0.2, 0.25) is 0 Å². The molecule has 2 nitrogen and oxygen atoms in total. The number of hydrogen-bond donors (Lipinski definition) is 0. The molecule has 0 N–H and O–H groups in total. The van der Waals surface area contributed by atoms with Crippen LogP contribution in [0.1, 0.15) is 26.2 Å². The maximum atomic E-state index is 11.0. The quantitative estimate of drug-likeness (QED) is 0.409. The minimum atomic E-state index is 0.263. The maximum absolute atomic E-state index is 11.0. The third kappa shape index (κ3) is 1.20. The molecule has 2 heteroatoms. The topological polar surface area (TPSA) is 26.3 Å². The first kappa shape index (κ1) is 7.32. The van der Waals surface area contributed by atoms with Gasteiger partial charge in [0, 0.05) is 12.0 Å². The fraction of sp³-hybridized carbons (Fsp3) is 0.625. The average molecular weight is 140 g/mol. The lowest BCUT2D eigenvalue weighted by atomic mass is 10.2. The number of ether oxygens (including phenoxy) is 1. The first-order valence-corrected chi connectivity index (χ1v) is 3.52. The van der Waals surface area contributed by atoms with Gasteiger partial charge in [-0.05, 0) is 19.8 Å². The number of Topliss-reactive ketones (excluding diaryl/α,β-unsaturated/α-hetero) is 1. The third-order valence-electron chi connectivity index (χ3n) is 1.90. The van der Waals surface area contributed by atoms with E-state index >= 15 is 0 Å². The molecule has 56 valence electrons. The fourth-order valence-electron chi connectivity index (χ4n) is 1.21. The zero-order valence-corrected chi connectivity index (χ0v) is 6.44. The van der Waals surface area contributed by atoms with Crippen LogP contribution >= 0.6 is 0 Å². The van der Waals surface area contributed by atoms with Crippen molar-refractivity contribution < 1.29 is 9.53 Å². The third-order valence-corrected chi connectivity index (χ3v) is 1.90. The summed E-state index contributed by atoms with van der Waals surface area (Å²) in [6, 6.07) is 0. The van der Waals surface area contributed by atoms with Gasteiger partial charge in [0.15, 0.2) is 5.78 Å². The second-order valence-corrected chi connectivity index (χ2v) is 2.52. The molecule has 1 aliphatic rings. The molecule has 0 bridgehead atoms. The van der Waals surface area contributed by atoms with Crippen molar-refractivity contribution in [1.29, 1.82) is 0 Å². The van der Waals surface area contributed by atoms with Crippen LogP contribution in [-0.4, -0.2) is 12.9 Å². The van der Waals surface area contributed by atoms with E-state index in [1.807, 2.05) is 6.92 Å².